The van der Waals surface area contributed by atoms with Gasteiger partial charge in [-0.1, -0.05) is 42.0 Å². The Morgan fingerprint density at radius 1 is 1.33 bits per heavy atom. The van der Waals surface area contributed by atoms with Crippen molar-refractivity contribution >= 4 is 0 Å². The van der Waals surface area contributed by atoms with Gasteiger partial charge in [-0.2, -0.15) is 0 Å². The van der Waals surface area contributed by atoms with Crippen molar-refractivity contribution in [2.75, 3.05) is 6.54 Å². The second-order valence-corrected chi connectivity index (χ2v) is 2.94. The van der Waals surface area contributed by atoms with Crippen LogP contribution in [0.2, 0.25) is 0 Å². The van der Waals surface area contributed by atoms with Crippen molar-refractivity contribution < 1.29 is 0 Å². The average molecular weight is 161 g/mol. The molecule has 1 aromatic rings. The molecule has 0 amide bonds. The van der Waals surface area contributed by atoms with E-state index in [2.05, 4.69) is 37.3 Å². The fourth-order valence-electron chi connectivity index (χ4n) is 0.990. The maximum Gasteiger partial charge on any atom is 0.0134 e. The summed E-state index contributed by atoms with van der Waals surface area (Å²) in [5.74, 6) is 0. The summed E-state index contributed by atoms with van der Waals surface area (Å²) in [6.07, 6.45) is 3.17. The highest BCUT2D eigenvalue weighted by molar-refractivity contribution is 5.18. The Hall–Kier alpha value is -1.08. The molecular formula is C11H15N. The molecule has 0 atom stereocenters. The van der Waals surface area contributed by atoms with Crippen molar-refractivity contribution in [3.05, 3.63) is 47.5 Å². The van der Waals surface area contributed by atoms with E-state index in [0.29, 0.717) is 6.54 Å². The van der Waals surface area contributed by atoms with Gasteiger partial charge < -0.3 is 5.73 Å². The lowest BCUT2D eigenvalue weighted by Gasteiger charge is -1.97. The molecule has 0 aliphatic carbocycles. The quantitative estimate of drug-likeness (QED) is 0.675. The van der Waals surface area contributed by atoms with E-state index >= 15 is 0 Å². The van der Waals surface area contributed by atoms with Gasteiger partial charge in [0.2, 0.25) is 0 Å². The smallest absolute Gasteiger partial charge is 0.0134 e. The van der Waals surface area contributed by atoms with Gasteiger partial charge >= 0.3 is 0 Å². The summed E-state index contributed by atoms with van der Waals surface area (Å²) in [6, 6.07) is 10.4. The Bertz CT molecular complexity index is 249. The van der Waals surface area contributed by atoms with Gasteiger partial charge in [0, 0.05) is 6.54 Å². The van der Waals surface area contributed by atoms with Gasteiger partial charge in [0.1, 0.15) is 0 Å². The first-order valence-electron chi connectivity index (χ1n) is 4.22. The van der Waals surface area contributed by atoms with Crippen molar-refractivity contribution in [3.63, 3.8) is 0 Å². The second kappa shape index (κ2) is 4.73. The van der Waals surface area contributed by atoms with E-state index in [4.69, 9.17) is 5.73 Å². The van der Waals surface area contributed by atoms with Gasteiger partial charge in [0.25, 0.3) is 0 Å². The molecule has 0 aliphatic rings. The molecule has 12 heavy (non-hydrogen) atoms. The molecule has 1 rings (SSSR count). The van der Waals surface area contributed by atoms with Gasteiger partial charge in [-0.15, -0.1) is 0 Å². The summed E-state index contributed by atoms with van der Waals surface area (Å²) in [6.45, 7) is 2.72. The standard InChI is InChI=1S/C11H15N/c1-10(9-12)7-8-11-5-3-2-4-6-11/h2-7H,8-9,12H2,1H3. The number of benzene rings is 1. The van der Waals surface area contributed by atoms with Crippen molar-refractivity contribution in [2.24, 2.45) is 5.73 Å². The number of hydrogen-bond donors (Lipinski definition) is 1. The van der Waals surface area contributed by atoms with E-state index < -0.39 is 0 Å². The minimum atomic E-state index is 0.660. The van der Waals surface area contributed by atoms with E-state index in [1.54, 1.807) is 0 Å². The number of rotatable bonds is 3. The van der Waals surface area contributed by atoms with Crippen LogP contribution in [0.5, 0.6) is 0 Å². The second-order valence-electron chi connectivity index (χ2n) is 2.94. The fourth-order valence-corrected chi connectivity index (χ4v) is 0.990. The van der Waals surface area contributed by atoms with Crippen LogP contribution in [-0.2, 0) is 6.42 Å². The number of nitrogens with two attached hydrogens (primary N) is 1. The fraction of sp³-hybridized carbons (Fsp3) is 0.273. The van der Waals surface area contributed by atoms with Crippen LogP contribution in [0.1, 0.15) is 12.5 Å². The van der Waals surface area contributed by atoms with E-state index in [9.17, 15) is 0 Å². The summed E-state index contributed by atoms with van der Waals surface area (Å²) in [5.41, 5.74) is 8.06. The molecular weight excluding hydrogens is 146 g/mol. The molecule has 2 N–H and O–H groups in total. The molecule has 0 aliphatic heterocycles. The Balaban J connectivity index is 2.54. The van der Waals surface area contributed by atoms with E-state index in [-0.39, 0.29) is 0 Å². The first kappa shape index (κ1) is 9.01. The zero-order valence-corrected chi connectivity index (χ0v) is 7.46. The van der Waals surface area contributed by atoms with Gasteiger partial charge in [-0.05, 0) is 18.9 Å². The Morgan fingerprint density at radius 2 is 2.00 bits per heavy atom. The van der Waals surface area contributed by atoms with Crippen molar-refractivity contribution in [1.29, 1.82) is 0 Å². The zero-order valence-electron chi connectivity index (χ0n) is 7.46. The highest BCUT2D eigenvalue weighted by Gasteiger charge is 1.87. The van der Waals surface area contributed by atoms with Gasteiger partial charge in [0.05, 0.1) is 0 Å². The Morgan fingerprint density at radius 3 is 2.58 bits per heavy atom. The summed E-state index contributed by atoms with van der Waals surface area (Å²) in [7, 11) is 0. The molecule has 0 unspecified atom stereocenters. The summed E-state index contributed by atoms with van der Waals surface area (Å²) >= 11 is 0. The zero-order chi connectivity index (χ0) is 8.81. The molecule has 1 nitrogen and oxygen atoms in total. The highest BCUT2D eigenvalue weighted by Crippen LogP contribution is 2.01. The molecule has 0 saturated heterocycles. The first-order chi connectivity index (χ1) is 5.83. The summed E-state index contributed by atoms with van der Waals surface area (Å²) in [5, 5.41) is 0. The molecule has 64 valence electrons. The lowest BCUT2D eigenvalue weighted by molar-refractivity contribution is 1.10. The van der Waals surface area contributed by atoms with Crippen molar-refractivity contribution in [1.82, 2.24) is 0 Å². The maximum absolute atomic E-state index is 5.47. The molecule has 1 heteroatoms. The molecule has 0 saturated carbocycles. The Labute approximate surface area is 73.9 Å². The van der Waals surface area contributed by atoms with Gasteiger partial charge in [0.15, 0.2) is 0 Å². The van der Waals surface area contributed by atoms with Crippen LogP contribution in [0.3, 0.4) is 0 Å². The van der Waals surface area contributed by atoms with Gasteiger partial charge in [-0.3, -0.25) is 0 Å². The van der Waals surface area contributed by atoms with Crippen LogP contribution in [0.15, 0.2) is 42.0 Å². The topological polar surface area (TPSA) is 26.0 Å². The molecule has 0 radical (unpaired) electrons. The van der Waals surface area contributed by atoms with E-state index in [0.717, 1.165) is 6.42 Å². The number of allylic oxidation sites excluding steroid dienone is 1. The summed E-state index contributed by atoms with van der Waals surface area (Å²) < 4.78 is 0. The van der Waals surface area contributed by atoms with Crippen LogP contribution in [-0.4, -0.2) is 6.54 Å². The monoisotopic (exact) mass is 161 g/mol. The van der Waals surface area contributed by atoms with E-state index in [1.807, 2.05) is 6.07 Å². The molecule has 0 bridgehead atoms. The van der Waals surface area contributed by atoms with E-state index in [1.165, 1.54) is 11.1 Å². The summed E-state index contributed by atoms with van der Waals surface area (Å²) in [4.78, 5) is 0. The third kappa shape index (κ3) is 2.89. The van der Waals surface area contributed by atoms with Crippen LogP contribution in [0, 0.1) is 0 Å². The molecule has 0 spiro atoms. The Kier molecular flexibility index (Phi) is 3.55. The molecule has 0 aromatic heterocycles. The predicted molar refractivity (Wildman–Crippen MR) is 53.0 cm³/mol. The molecule has 0 fully saturated rings. The third-order valence-electron chi connectivity index (χ3n) is 1.85. The molecule has 1 aromatic carbocycles. The SMILES string of the molecule is CC(=CCc1ccccc1)CN. The normalized spacial score (nSPS) is 11.7. The van der Waals surface area contributed by atoms with Crippen LogP contribution >= 0.6 is 0 Å². The molecule has 0 heterocycles. The maximum atomic E-state index is 5.47. The van der Waals surface area contributed by atoms with Gasteiger partial charge in [-0.25, -0.2) is 0 Å². The lowest BCUT2D eigenvalue weighted by atomic mass is 10.1. The average Bonchev–Trinajstić information content (AvgIpc) is 2.16. The van der Waals surface area contributed by atoms with Crippen LogP contribution in [0.4, 0.5) is 0 Å². The van der Waals surface area contributed by atoms with Crippen LogP contribution < -0.4 is 5.73 Å². The minimum absolute atomic E-state index is 0.660. The number of hydrogen-bond acceptors (Lipinski definition) is 1. The highest BCUT2D eigenvalue weighted by atomic mass is 14.5. The first-order valence-corrected chi connectivity index (χ1v) is 4.22. The minimum Gasteiger partial charge on any atom is -0.327 e. The predicted octanol–water partition coefficient (Wildman–Crippen LogP) is 2.13. The van der Waals surface area contributed by atoms with Crippen LogP contribution in [0.25, 0.3) is 0 Å². The van der Waals surface area contributed by atoms with Crippen molar-refractivity contribution in [2.45, 2.75) is 13.3 Å². The largest absolute Gasteiger partial charge is 0.327 e. The third-order valence-corrected chi connectivity index (χ3v) is 1.85. The van der Waals surface area contributed by atoms with Crippen molar-refractivity contribution in [3.8, 4) is 0 Å². The lowest BCUT2D eigenvalue weighted by Crippen LogP contribution is -1.99.